The van der Waals surface area contributed by atoms with Gasteiger partial charge in [-0.2, -0.15) is 0 Å². The molecule has 3 aromatic rings. The van der Waals surface area contributed by atoms with E-state index in [0.717, 1.165) is 17.7 Å². The highest BCUT2D eigenvalue weighted by Crippen LogP contribution is 2.35. The second-order valence-electron chi connectivity index (χ2n) is 6.85. The van der Waals surface area contributed by atoms with Gasteiger partial charge in [0, 0.05) is 41.6 Å². The SMILES string of the molecule is O=C(/C=C/c1cccc(F)c1F)NC[C@@H]1Cc2cc(-c3cccnc3)cc(F)c2O1. The fraction of sp³-hybridized carbons (Fsp3) is 0.130. The molecule has 152 valence electrons. The number of hydrogen-bond donors (Lipinski definition) is 1. The molecular formula is C23H17F3N2O2. The molecule has 7 heteroatoms. The predicted octanol–water partition coefficient (Wildman–Crippen LogP) is 4.30. The third kappa shape index (κ3) is 4.20. The van der Waals surface area contributed by atoms with Crippen LogP contribution in [-0.2, 0) is 11.2 Å². The lowest BCUT2D eigenvalue weighted by molar-refractivity contribution is -0.116. The number of ether oxygens (including phenoxy) is 1. The van der Waals surface area contributed by atoms with E-state index < -0.39 is 29.5 Å². The van der Waals surface area contributed by atoms with E-state index in [-0.39, 0.29) is 17.9 Å². The molecule has 30 heavy (non-hydrogen) atoms. The molecule has 4 rings (SSSR count). The largest absolute Gasteiger partial charge is 0.485 e. The molecule has 1 aromatic heterocycles. The van der Waals surface area contributed by atoms with Gasteiger partial charge in [0.25, 0.3) is 0 Å². The van der Waals surface area contributed by atoms with E-state index in [1.807, 2.05) is 12.1 Å². The van der Waals surface area contributed by atoms with Crippen molar-refractivity contribution in [1.82, 2.24) is 10.3 Å². The van der Waals surface area contributed by atoms with Crippen molar-refractivity contribution in [3.63, 3.8) is 0 Å². The van der Waals surface area contributed by atoms with Crippen molar-refractivity contribution in [2.24, 2.45) is 0 Å². The summed E-state index contributed by atoms with van der Waals surface area (Å²) in [6, 6.07) is 10.6. The Kier molecular flexibility index (Phi) is 5.52. The Hall–Kier alpha value is -3.61. The van der Waals surface area contributed by atoms with Crippen molar-refractivity contribution >= 4 is 12.0 Å². The zero-order valence-electron chi connectivity index (χ0n) is 15.7. The van der Waals surface area contributed by atoms with Crippen LogP contribution in [0.25, 0.3) is 17.2 Å². The molecule has 1 amide bonds. The maximum atomic E-state index is 14.5. The lowest BCUT2D eigenvalue weighted by Crippen LogP contribution is -2.33. The van der Waals surface area contributed by atoms with Crippen LogP contribution in [0.15, 0.2) is 60.9 Å². The summed E-state index contributed by atoms with van der Waals surface area (Å²) in [5.41, 5.74) is 2.18. The molecule has 0 bridgehead atoms. The van der Waals surface area contributed by atoms with Gasteiger partial charge >= 0.3 is 0 Å². The second kappa shape index (κ2) is 8.41. The Morgan fingerprint density at radius 2 is 2.00 bits per heavy atom. The number of halogens is 3. The van der Waals surface area contributed by atoms with E-state index in [4.69, 9.17) is 4.74 Å². The monoisotopic (exact) mass is 410 g/mol. The Labute approximate surface area is 171 Å². The average molecular weight is 410 g/mol. The molecule has 0 saturated carbocycles. The van der Waals surface area contributed by atoms with Crippen LogP contribution in [0.4, 0.5) is 13.2 Å². The van der Waals surface area contributed by atoms with E-state index in [1.165, 1.54) is 24.3 Å². The fourth-order valence-electron chi connectivity index (χ4n) is 3.29. The first kappa shape index (κ1) is 19.7. The minimum atomic E-state index is -1.02. The molecule has 0 aliphatic carbocycles. The van der Waals surface area contributed by atoms with Crippen molar-refractivity contribution < 1.29 is 22.7 Å². The molecule has 2 aromatic carbocycles. The molecule has 4 nitrogen and oxygen atoms in total. The lowest BCUT2D eigenvalue weighted by atomic mass is 10.0. The summed E-state index contributed by atoms with van der Waals surface area (Å²) in [4.78, 5) is 16.0. The minimum Gasteiger partial charge on any atom is -0.485 e. The summed E-state index contributed by atoms with van der Waals surface area (Å²) in [5, 5.41) is 2.63. The van der Waals surface area contributed by atoms with Crippen LogP contribution in [0, 0.1) is 17.5 Å². The average Bonchev–Trinajstić information content (AvgIpc) is 3.18. The highest BCUT2D eigenvalue weighted by molar-refractivity contribution is 5.91. The quantitative estimate of drug-likeness (QED) is 0.638. The maximum absolute atomic E-state index is 14.5. The van der Waals surface area contributed by atoms with Gasteiger partial charge in [0.15, 0.2) is 23.2 Å². The summed E-state index contributed by atoms with van der Waals surface area (Å²) in [6.07, 6.45) is 5.61. The number of aromatic nitrogens is 1. The summed E-state index contributed by atoms with van der Waals surface area (Å²) < 4.78 is 46.9. The van der Waals surface area contributed by atoms with Crippen molar-refractivity contribution in [1.29, 1.82) is 0 Å². The van der Waals surface area contributed by atoms with E-state index in [2.05, 4.69) is 10.3 Å². The number of nitrogens with zero attached hydrogens (tertiary/aromatic N) is 1. The van der Waals surface area contributed by atoms with E-state index >= 15 is 0 Å². The number of amides is 1. The Balaban J connectivity index is 1.38. The molecule has 2 heterocycles. The molecule has 1 atom stereocenters. The fourth-order valence-corrected chi connectivity index (χ4v) is 3.29. The number of rotatable bonds is 5. The van der Waals surface area contributed by atoms with Crippen molar-refractivity contribution in [2.75, 3.05) is 6.54 Å². The number of fused-ring (bicyclic) bond motifs is 1. The topological polar surface area (TPSA) is 51.2 Å². The molecule has 0 radical (unpaired) electrons. The second-order valence-corrected chi connectivity index (χ2v) is 6.85. The van der Waals surface area contributed by atoms with Gasteiger partial charge in [-0.15, -0.1) is 0 Å². The number of benzene rings is 2. The van der Waals surface area contributed by atoms with Gasteiger partial charge in [-0.05, 0) is 35.9 Å². The highest BCUT2D eigenvalue weighted by atomic mass is 19.2. The molecule has 0 saturated heterocycles. The summed E-state index contributed by atoms with van der Waals surface area (Å²) >= 11 is 0. The molecule has 1 N–H and O–H groups in total. The van der Waals surface area contributed by atoms with Crippen LogP contribution in [-0.4, -0.2) is 23.5 Å². The molecule has 1 aliphatic heterocycles. The molecule has 0 spiro atoms. The summed E-state index contributed by atoms with van der Waals surface area (Å²) in [7, 11) is 0. The predicted molar refractivity (Wildman–Crippen MR) is 106 cm³/mol. The van der Waals surface area contributed by atoms with Gasteiger partial charge in [-0.3, -0.25) is 9.78 Å². The van der Waals surface area contributed by atoms with Gasteiger partial charge in [0.05, 0.1) is 6.54 Å². The Bertz CT molecular complexity index is 1120. The summed E-state index contributed by atoms with van der Waals surface area (Å²) in [5.74, 6) is -2.78. The van der Waals surface area contributed by atoms with Crippen molar-refractivity contribution in [3.8, 4) is 16.9 Å². The van der Waals surface area contributed by atoms with Crippen molar-refractivity contribution in [2.45, 2.75) is 12.5 Å². The van der Waals surface area contributed by atoms with Crippen LogP contribution in [0.5, 0.6) is 5.75 Å². The van der Waals surface area contributed by atoms with Gasteiger partial charge in [-0.1, -0.05) is 18.2 Å². The molecule has 1 aliphatic rings. The first-order valence-corrected chi connectivity index (χ1v) is 9.30. The van der Waals surface area contributed by atoms with Crippen LogP contribution < -0.4 is 10.1 Å². The van der Waals surface area contributed by atoms with Gasteiger partial charge in [-0.25, -0.2) is 13.2 Å². The van der Waals surface area contributed by atoms with Gasteiger partial charge < -0.3 is 10.1 Å². The maximum Gasteiger partial charge on any atom is 0.244 e. The van der Waals surface area contributed by atoms with E-state index in [9.17, 15) is 18.0 Å². The highest BCUT2D eigenvalue weighted by Gasteiger charge is 2.27. The van der Waals surface area contributed by atoms with Crippen LogP contribution >= 0.6 is 0 Å². The van der Waals surface area contributed by atoms with Gasteiger partial charge in [0.2, 0.25) is 5.91 Å². The normalized spacial score (nSPS) is 15.1. The first-order chi connectivity index (χ1) is 14.5. The van der Waals surface area contributed by atoms with Crippen molar-refractivity contribution in [3.05, 3.63) is 89.5 Å². The van der Waals surface area contributed by atoms with E-state index in [0.29, 0.717) is 17.5 Å². The number of carbonyl (C=O) groups excluding carboxylic acids is 1. The zero-order valence-corrected chi connectivity index (χ0v) is 15.7. The summed E-state index contributed by atoms with van der Waals surface area (Å²) in [6.45, 7) is 0.144. The molecule has 0 unspecified atom stereocenters. The first-order valence-electron chi connectivity index (χ1n) is 9.30. The van der Waals surface area contributed by atoms with Crippen LogP contribution in [0.1, 0.15) is 11.1 Å². The number of pyridine rings is 1. The minimum absolute atomic E-state index is 0.0281. The Morgan fingerprint density at radius 3 is 2.80 bits per heavy atom. The Morgan fingerprint density at radius 1 is 1.13 bits per heavy atom. The number of carbonyl (C=O) groups is 1. The van der Waals surface area contributed by atoms with Crippen LogP contribution in [0.2, 0.25) is 0 Å². The standard InChI is InChI=1S/C23H17F3N2O2/c24-19-5-1-3-14(22(19)26)6-7-21(29)28-13-18-10-17-9-16(11-20(25)23(17)30-18)15-4-2-8-27-12-15/h1-9,11-12,18H,10,13H2,(H,28,29)/b7-6+/t18-/m0/s1. The van der Waals surface area contributed by atoms with E-state index in [1.54, 1.807) is 18.5 Å². The van der Waals surface area contributed by atoms with Gasteiger partial charge in [0.1, 0.15) is 6.10 Å². The molecular weight excluding hydrogens is 393 g/mol. The smallest absolute Gasteiger partial charge is 0.244 e. The zero-order chi connectivity index (χ0) is 21.1. The third-order valence-corrected chi connectivity index (χ3v) is 4.75. The number of nitrogens with one attached hydrogen (secondary N) is 1. The third-order valence-electron chi connectivity index (χ3n) is 4.75. The lowest BCUT2D eigenvalue weighted by Gasteiger charge is -2.11. The van der Waals surface area contributed by atoms with Crippen LogP contribution in [0.3, 0.4) is 0 Å². The number of hydrogen-bond acceptors (Lipinski definition) is 3. The molecule has 0 fully saturated rings.